The lowest BCUT2D eigenvalue weighted by molar-refractivity contribution is -0.145. The molecule has 2 aliphatic heterocycles. The number of likely N-dealkylation sites (N-methyl/N-ethyl adjacent to an activating group) is 1. The summed E-state index contributed by atoms with van der Waals surface area (Å²) in [4.78, 5) is 39.9. The van der Waals surface area contributed by atoms with Gasteiger partial charge in [-0.1, -0.05) is 0 Å². The smallest absolute Gasteiger partial charge is 0.323 e. The van der Waals surface area contributed by atoms with Crippen molar-refractivity contribution in [2.45, 2.75) is 25.7 Å². The Morgan fingerprint density at radius 2 is 1.57 bits per heavy atom. The van der Waals surface area contributed by atoms with Crippen LogP contribution in [-0.4, -0.2) is 77.5 Å². The van der Waals surface area contributed by atoms with Crippen LogP contribution < -0.4 is 0 Å². The quantitative estimate of drug-likeness (QED) is 0.820. The number of hydrogen-bond donors (Lipinski definition) is 1. The van der Waals surface area contributed by atoms with Crippen LogP contribution in [0.25, 0.3) is 0 Å². The van der Waals surface area contributed by atoms with Crippen LogP contribution in [0.2, 0.25) is 0 Å². The first-order chi connectivity index (χ1) is 9.99. The zero-order chi connectivity index (χ0) is 15.4. The Hall–Kier alpha value is -1.79. The zero-order valence-corrected chi connectivity index (χ0v) is 12.5. The summed E-state index contributed by atoms with van der Waals surface area (Å²) >= 11 is 0. The number of hydrogen-bond acceptors (Lipinski definition) is 3. The molecule has 2 fully saturated rings. The second-order valence-electron chi connectivity index (χ2n) is 5.83. The summed E-state index contributed by atoms with van der Waals surface area (Å²) in [6.07, 6.45) is 3.37. The summed E-state index contributed by atoms with van der Waals surface area (Å²) in [6, 6.07) is 0.0808. The molecule has 0 radical (unpaired) electrons. The number of carboxylic acid groups (broad SMARTS) is 1. The standard InChI is InChI=1S/C14H23N3O4/c1-15(10-12(18)19)13(20)11-4-8-17(9-5-11)14(21)16-6-2-3-7-16/h11H,2-10H2,1H3,(H,18,19). The molecule has 0 atom stereocenters. The summed E-state index contributed by atoms with van der Waals surface area (Å²) in [5, 5.41) is 8.71. The molecule has 2 aliphatic rings. The molecular formula is C14H23N3O4. The van der Waals surface area contributed by atoms with Crippen LogP contribution >= 0.6 is 0 Å². The molecule has 0 aromatic heterocycles. The first kappa shape index (κ1) is 15.6. The van der Waals surface area contributed by atoms with Gasteiger partial charge in [-0.2, -0.15) is 0 Å². The number of piperidine rings is 1. The number of carbonyl (C=O) groups is 3. The first-order valence-corrected chi connectivity index (χ1v) is 7.49. The minimum atomic E-state index is -1.01. The van der Waals surface area contributed by atoms with Gasteiger partial charge < -0.3 is 19.8 Å². The summed E-state index contributed by atoms with van der Waals surface area (Å²) in [6.45, 7) is 2.54. The lowest BCUT2D eigenvalue weighted by Gasteiger charge is -2.35. The monoisotopic (exact) mass is 297 g/mol. The van der Waals surface area contributed by atoms with E-state index in [4.69, 9.17) is 5.11 Å². The lowest BCUT2D eigenvalue weighted by Crippen LogP contribution is -2.48. The van der Waals surface area contributed by atoms with Gasteiger partial charge in [0.15, 0.2) is 0 Å². The molecule has 0 saturated carbocycles. The van der Waals surface area contributed by atoms with Gasteiger partial charge in [-0.15, -0.1) is 0 Å². The van der Waals surface area contributed by atoms with Crippen LogP contribution in [0.5, 0.6) is 0 Å². The lowest BCUT2D eigenvalue weighted by atomic mass is 9.95. The van der Waals surface area contributed by atoms with Gasteiger partial charge >= 0.3 is 12.0 Å². The van der Waals surface area contributed by atoms with Gasteiger partial charge in [-0.25, -0.2) is 4.79 Å². The van der Waals surface area contributed by atoms with E-state index >= 15 is 0 Å². The van der Waals surface area contributed by atoms with E-state index in [1.807, 2.05) is 9.80 Å². The van der Waals surface area contributed by atoms with Gasteiger partial charge in [-0.3, -0.25) is 9.59 Å². The third-order valence-electron chi connectivity index (χ3n) is 4.24. The van der Waals surface area contributed by atoms with E-state index in [1.165, 1.54) is 11.9 Å². The van der Waals surface area contributed by atoms with Crippen molar-refractivity contribution in [3.63, 3.8) is 0 Å². The summed E-state index contributed by atoms with van der Waals surface area (Å²) in [7, 11) is 1.51. The molecule has 118 valence electrons. The van der Waals surface area contributed by atoms with Gasteiger partial charge in [0.2, 0.25) is 5.91 Å². The van der Waals surface area contributed by atoms with Gasteiger partial charge in [0.25, 0.3) is 0 Å². The van der Waals surface area contributed by atoms with Crippen molar-refractivity contribution in [1.29, 1.82) is 0 Å². The van der Waals surface area contributed by atoms with Crippen molar-refractivity contribution in [2.24, 2.45) is 5.92 Å². The Balaban J connectivity index is 1.81. The summed E-state index contributed by atoms with van der Waals surface area (Å²) < 4.78 is 0. The average molecular weight is 297 g/mol. The Labute approximate surface area is 124 Å². The molecule has 0 unspecified atom stereocenters. The van der Waals surface area contributed by atoms with Gasteiger partial charge in [0, 0.05) is 39.1 Å². The normalized spacial score (nSPS) is 19.7. The Bertz CT molecular complexity index is 412. The van der Waals surface area contributed by atoms with Crippen molar-refractivity contribution >= 4 is 17.9 Å². The fourth-order valence-corrected chi connectivity index (χ4v) is 3.02. The number of carboxylic acids is 1. The molecule has 1 N–H and O–H groups in total. The van der Waals surface area contributed by atoms with E-state index in [0.29, 0.717) is 25.9 Å². The van der Waals surface area contributed by atoms with E-state index in [0.717, 1.165) is 25.9 Å². The number of carbonyl (C=O) groups excluding carboxylic acids is 2. The van der Waals surface area contributed by atoms with Crippen molar-refractivity contribution in [2.75, 3.05) is 39.8 Å². The summed E-state index contributed by atoms with van der Waals surface area (Å²) in [5.41, 5.74) is 0. The van der Waals surface area contributed by atoms with Crippen LogP contribution in [0, 0.1) is 5.92 Å². The highest BCUT2D eigenvalue weighted by Crippen LogP contribution is 2.21. The zero-order valence-electron chi connectivity index (χ0n) is 12.5. The number of nitrogens with zero attached hydrogens (tertiary/aromatic N) is 3. The molecule has 2 saturated heterocycles. The van der Waals surface area contributed by atoms with E-state index in [2.05, 4.69) is 0 Å². The van der Waals surface area contributed by atoms with Crippen molar-refractivity contribution < 1.29 is 19.5 Å². The van der Waals surface area contributed by atoms with Crippen molar-refractivity contribution in [3.05, 3.63) is 0 Å². The minimum absolute atomic E-state index is 0.0808. The third-order valence-corrected chi connectivity index (χ3v) is 4.24. The van der Waals surface area contributed by atoms with Crippen LogP contribution in [0.1, 0.15) is 25.7 Å². The number of amides is 3. The maximum Gasteiger partial charge on any atom is 0.323 e. The Kier molecular flexibility index (Phi) is 5.03. The maximum atomic E-state index is 12.2. The fraction of sp³-hybridized carbons (Fsp3) is 0.786. The second kappa shape index (κ2) is 6.78. The minimum Gasteiger partial charge on any atom is -0.480 e. The van der Waals surface area contributed by atoms with E-state index in [1.54, 1.807) is 0 Å². The molecule has 7 heteroatoms. The Morgan fingerprint density at radius 3 is 2.10 bits per heavy atom. The molecule has 2 rings (SSSR count). The molecule has 0 aromatic carbocycles. The van der Waals surface area contributed by atoms with Gasteiger partial charge in [0.05, 0.1) is 0 Å². The van der Waals surface area contributed by atoms with E-state index < -0.39 is 5.97 Å². The topological polar surface area (TPSA) is 81.2 Å². The molecule has 21 heavy (non-hydrogen) atoms. The first-order valence-electron chi connectivity index (χ1n) is 7.49. The van der Waals surface area contributed by atoms with Crippen LogP contribution in [0.4, 0.5) is 4.79 Å². The van der Waals surface area contributed by atoms with E-state index in [-0.39, 0.29) is 24.4 Å². The average Bonchev–Trinajstić information content (AvgIpc) is 2.99. The number of urea groups is 1. The highest BCUT2D eigenvalue weighted by Gasteiger charge is 2.31. The fourth-order valence-electron chi connectivity index (χ4n) is 3.02. The molecular weight excluding hydrogens is 274 g/mol. The molecule has 0 bridgehead atoms. The molecule has 7 nitrogen and oxygen atoms in total. The predicted octanol–water partition coefficient (Wildman–Crippen LogP) is 0.457. The number of rotatable bonds is 3. The largest absolute Gasteiger partial charge is 0.480 e. The number of likely N-dealkylation sites (tertiary alicyclic amines) is 2. The number of aliphatic carboxylic acids is 1. The maximum absolute atomic E-state index is 12.2. The molecule has 3 amide bonds. The predicted molar refractivity (Wildman–Crippen MR) is 75.8 cm³/mol. The molecule has 0 aromatic rings. The SMILES string of the molecule is CN(CC(=O)O)C(=O)C1CCN(C(=O)N2CCCC2)CC1. The van der Waals surface area contributed by atoms with E-state index in [9.17, 15) is 14.4 Å². The highest BCUT2D eigenvalue weighted by atomic mass is 16.4. The summed E-state index contributed by atoms with van der Waals surface area (Å²) in [5.74, 6) is -1.31. The van der Waals surface area contributed by atoms with Crippen molar-refractivity contribution in [1.82, 2.24) is 14.7 Å². The molecule has 0 aliphatic carbocycles. The van der Waals surface area contributed by atoms with Gasteiger partial charge in [-0.05, 0) is 25.7 Å². The molecule has 2 heterocycles. The van der Waals surface area contributed by atoms with Crippen LogP contribution in [0.3, 0.4) is 0 Å². The molecule has 0 spiro atoms. The second-order valence-corrected chi connectivity index (χ2v) is 5.83. The van der Waals surface area contributed by atoms with Crippen molar-refractivity contribution in [3.8, 4) is 0 Å². The van der Waals surface area contributed by atoms with Crippen LogP contribution in [0.15, 0.2) is 0 Å². The van der Waals surface area contributed by atoms with Crippen LogP contribution in [-0.2, 0) is 9.59 Å². The third kappa shape index (κ3) is 3.86. The highest BCUT2D eigenvalue weighted by molar-refractivity contribution is 5.83. The Morgan fingerprint density at radius 1 is 1.05 bits per heavy atom. The van der Waals surface area contributed by atoms with Gasteiger partial charge in [0.1, 0.15) is 6.54 Å².